The molecule has 0 aromatic heterocycles. The molecular weight excluding hydrogens is 120 g/mol. The van der Waals surface area contributed by atoms with Gasteiger partial charge in [0.1, 0.15) is 0 Å². The van der Waals surface area contributed by atoms with Gasteiger partial charge in [0.25, 0.3) is 0 Å². The summed E-state index contributed by atoms with van der Waals surface area (Å²) in [5.74, 6) is 2.10. The second kappa shape index (κ2) is 1.99. The zero-order valence-corrected chi connectivity index (χ0v) is 7.19. The molecule has 0 radical (unpaired) electrons. The Kier molecular flexibility index (Phi) is 1.33. The van der Waals surface area contributed by atoms with Gasteiger partial charge >= 0.3 is 0 Å². The lowest BCUT2D eigenvalue weighted by molar-refractivity contribution is 0.374. The van der Waals surface area contributed by atoms with Crippen LogP contribution in [0.2, 0.25) is 0 Å². The minimum absolute atomic E-state index is 0.883. The van der Waals surface area contributed by atoms with Gasteiger partial charge in [-0.05, 0) is 42.9 Å². The first-order valence-electron chi connectivity index (χ1n) is 4.73. The maximum atomic E-state index is 2.36. The van der Waals surface area contributed by atoms with Gasteiger partial charge in [-0.3, -0.25) is 0 Å². The summed E-state index contributed by atoms with van der Waals surface area (Å²) in [6.45, 7) is 4.73. The normalized spacial score (nSPS) is 44.1. The lowest BCUT2D eigenvalue weighted by Gasteiger charge is -2.13. The van der Waals surface area contributed by atoms with E-state index in [9.17, 15) is 0 Å². The summed E-state index contributed by atoms with van der Waals surface area (Å²) < 4.78 is 0. The van der Waals surface area contributed by atoms with E-state index in [-0.39, 0.29) is 0 Å². The maximum absolute atomic E-state index is 2.36. The van der Waals surface area contributed by atoms with Crippen LogP contribution in [0.15, 0.2) is 0 Å². The van der Waals surface area contributed by atoms with Gasteiger partial charge in [0.15, 0.2) is 0 Å². The molecule has 2 atom stereocenters. The summed E-state index contributed by atoms with van der Waals surface area (Å²) in [6.07, 6.45) is 7.71. The molecule has 2 rings (SSSR count). The first-order valence-corrected chi connectivity index (χ1v) is 4.73. The van der Waals surface area contributed by atoms with Crippen molar-refractivity contribution < 1.29 is 0 Å². The van der Waals surface area contributed by atoms with E-state index in [1.54, 1.807) is 19.3 Å². The Balaban J connectivity index is 1.93. The third kappa shape index (κ3) is 0.889. The van der Waals surface area contributed by atoms with Gasteiger partial charge in [-0.15, -0.1) is 0 Å². The monoisotopic (exact) mass is 138 g/mol. The van der Waals surface area contributed by atoms with Crippen LogP contribution in [0.5, 0.6) is 0 Å². The first kappa shape index (κ1) is 6.69. The topological polar surface area (TPSA) is 0 Å². The SMILES string of the molecule is CC(C)CC12CCCC1C2. The van der Waals surface area contributed by atoms with Crippen molar-refractivity contribution in [1.29, 1.82) is 0 Å². The highest BCUT2D eigenvalue weighted by atomic mass is 14.6. The molecule has 0 heteroatoms. The summed E-state index contributed by atoms with van der Waals surface area (Å²) in [7, 11) is 0. The maximum Gasteiger partial charge on any atom is -0.0264 e. The summed E-state index contributed by atoms with van der Waals surface area (Å²) >= 11 is 0. The summed E-state index contributed by atoms with van der Waals surface area (Å²) in [6, 6.07) is 0. The van der Waals surface area contributed by atoms with Crippen molar-refractivity contribution in [2.45, 2.75) is 46.0 Å². The molecule has 0 bridgehead atoms. The Morgan fingerprint density at radius 3 is 2.70 bits per heavy atom. The van der Waals surface area contributed by atoms with Crippen LogP contribution in [0.4, 0.5) is 0 Å². The predicted octanol–water partition coefficient (Wildman–Crippen LogP) is 3.22. The predicted molar refractivity (Wildman–Crippen MR) is 43.8 cm³/mol. The van der Waals surface area contributed by atoms with E-state index in [4.69, 9.17) is 0 Å². The second-order valence-electron chi connectivity index (χ2n) is 4.75. The van der Waals surface area contributed by atoms with Gasteiger partial charge < -0.3 is 0 Å². The van der Waals surface area contributed by atoms with Crippen LogP contribution < -0.4 is 0 Å². The minimum atomic E-state index is 0.883. The van der Waals surface area contributed by atoms with Crippen molar-refractivity contribution in [3.05, 3.63) is 0 Å². The number of fused-ring (bicyclic) bond motifs is 1. The van der Waals surface area contributed by atoms with Crippen molar-refractivity contribution in [1.82, 2.24) is 0 Å². The highest BCUT2D eigenvalue weighted by Crippen LogP contribution is 2.66. The molecule has 0 saturated heterocycles. The number of rotatable bonds is 2. The van der Waals surface area contributed by atoms with E-state index in [0.717, 1.165) is 17.3 Å². The third-order valence-electron chi connectivity index (χ3n) is 3.40. The molecule has 58 valence electrons. The molecule has 0 N–H and O–H groups in total. The molecule has 2 fully saturated rings. The first-order chi connectivity index (χ1) is 4.73. The fourth-order valence-electron chi connectivity index (χ4n) is 3.01. The van der Waals surface area contributed by atoms with E-state index < -0.39 is 0 Å². The molecule has 0 heterocycles. The lowest BCUT2D eigenvalue weighted by atomic mass is 9.92. The zero-order valence-electron chi connectivity index (χ0n) is 7.19. The Morgan fingerprint density at radius 2 is 2.30 bits per heavy atom. The number of hydrogen-bond acceptors (Lipinski definition) is 0. The van der Waals surface area contributed by atoms with Crippen LogP contribution in [0.25, 0.3) is 0 Å². The van der Waals surface area contributed by atoms with Crippen molar-refractivity contribution in [3.63, 3.8) is 0 Å². The highest BCUT2D eigenvalue weighted by Gasteiger charge is 2.55. The summed E-state index contributed by atoms with van der Waals surface area (Å²) in [4.78, 5) is 0. The Labute approximate surface area is 64.0 Å². The van der Waals surface area contributed by atoms with Gasteiger partial charge in [0.2, 0.25) is 0 Å². The van der Waals surface area contributed by atoms with Crippen LogP contribution in [-0.2, 0) is 0 Å². The van der Waals surface area contributed by atoms with Gasteiger partial charge in [0, 0.05) is 0 Å². The smallest absolute Gasteiger partial charge is 0.0264 e. The van der Waals surface area contributed by atoms with Crippen molar-refractivity contribution in [3.8, 4) is 0 Å². The van der Waals surface area contributed by atoms with Crippen molar-refractivity contribution in [2.24, 2.45) is 17.3 Å². The van der Waals surface area contributed by atoms with Gasteiger partial charge in [-0.25, -0.2) is 0 Å². The molecule has 2 aliphatic rings. The van der Waals surface area contributed by atoms with E-state index >= 15 is 0 Å². The van der Waals surface area contributed by atoms with Crippen LogP contribution in [0, 0.1) is 17.3 Å². The second-order valence-corrected chi connectivity index (χ2v) is 4.75. The Bertz CT molecular complexity index is 137. The molecule has 0 amide bonds. The zero-order chi connectivity index (χ0) is 7.19. The highest BCUT2D eigenvalue weighted by molar-refractivity contribution is 5.06. The average Bonchev–Trinajstić information content (AvgIpc) is 2.33. The molecule has 0 aromatic rings. The Morgan fingerprint density at radius 1 is 1.50 bits per heavy atom. The molecule has 2 unspecified atom stereocenters. The van der Waals surface area contributed by atoms with E-state index in [0.29, 0.717) is 0 Å². The molecule has 2 saturated carbocycles. The summed E-state index contributed by atoms with van der Waals surface area (Å²) in [5, 5.41) is 0. The molecule has 0 aromatic carbocycles. The number of hydrogen-bond donors (Lipinski definition) is 0. The Hall–Kier alpha value is 0. The van der Waals surface area contributed by atoms with Crippen LogP contribution in [0.3, 0.4) is 0 Å². The van der Waals surface area contributed by atoms with Gasteiger partial charge in [-0.2, -0.15) is 0 Å². The third-order valence-corrected chi connectivity index (χ3v) is 3.40. The summed E-state index contributed by atoms with van der Waals surface area (Å²) in [5.41, 5.74) is 0.883. The average molecular weight is 138 g/mol. The lowest BCUT2D eigenvalue weighted by Crippen LogP contribution is -2.03. The minimum Gasteiger partial charge on any atom is -0.0628 e. The quantitative estimate of drug-likeness (QED) is 0.549. The van der Waals surface area contributed by atoms with Gasteiger partial charge in [0.05, 0.1) is 0 Å². The molecule has 0 spiro atoms. The molecular formula is C10H18. The molecule has 0 nitrogen and oxygen atoms in total. The van der Waals surface area contributed by atoms with E-state index in [1.807, 2.05) is 0 Å². The van der Waals surface area contributed by atoms with Crippen LogP contribution >= 0.6 is 0 Å². The van der Waals surface area contributed by atoms with Crippen molar-refractivity contribution in [2.75, 3.05) is 0 Å². The van der Waals surface area contributed by atoms with E-state index in [2.05, 4.69) is 13.8 Å². The molecule has 10 heavy (non-hydrogen) atoms. The van der Waals surface area contributed by atoms with Crippen LogP contribution in [-0.4, -0.2) is 0 Å². The fourth-order valence-corrected chi connectivity index (χ4v) is 3.01. The van der Waals surface area contributed by atoms with E-state index in [1.165, 1.54) is 12.8 Å². The fraction of sp³-hybridized carbons (Fsp3) is 1.00. The van der Waals surface area contributed by atoms with Crippen LogP contribution in [0.1, 0.15) is 46.0 Å². The van der Waals surface area contributed by atoms with Crippen molar-refractivity contribution >= 4 is 0 Å². The molecule has 2 aliphatic carbocycles. The standard InChI is InChI=1S/C10H18/c1-8(2)6-10-5-3-4-9(10)7-10/h8-9H,3-7H2,1-2H3. The van der Waals surface area contributed by atoms with Gasteiger partial charge in [-0.1, -0.05) is 20.3 Å². The molecule has 0 aliphatic heterocycles. The largest absolute Gasteiger partial charge is 0.0628 e.